The quantitative estimate of drug-likeness (QED) is 0.807. The third-order valence-corrected chi connectivity index (χ3v) is 3.61. The van der Waals surface area contributed by atoms with Crippen molar-refractivity contribution in [1.82, 2.24) is 5.32 Å². The standard InChI is InChI=1S/C18H23NO2/c1-3-7-17(14-8-5-4-6-9-14)19-13-15-10-11-16(21-2)12-18(15)20/h4-6,8-12,17,19-20H,3,7,13H2,1-2H3. The average Bonchev–Trinajstić information content (AvgIpc) is 2.53. The lowest BCUT2D eigenvalue weighted by atomic mass is 10.0. The van der Waals surface area contributed by atoms with Gasteiger partial charge in [-0.2, -0.15) is 0 Å². The summed E-state index contributed by atoms with van der Waals surface area (Å²) in [5.41, 5.74) is 2.17. The number of hydrogen-bond donors (Lipinski definition) is 2. The number of aromatic hydroxyl groups is 1. The first kappa shape index (κ1) is 15.4. The first-order valence-corrected chi connectivity index (χ1v) is 7.38. The Morgan fingerprint density at radius 1 is 1.14 bits per heavy atom. The number of rotatable bonds is 7. The van der Waals surface area contributed by atoms with Gasteiger partial charge in [-0.15, -0.1) is 0 Å². The second kappa shape index (κ2) is 7.70. The summed E-state index contributed by atoms with van der Waals surface area (Å²) in [6.07, 6.45) is 2.18. The number of hydrogen-bond acceptors (Lipinski definition) is 3. The second-order valence-corrected chi connectivity index (χ2v) is 5.13. The van der Waals surface area contributed by atoms with Gasteiger partial charge in [0.05, 0.1) is 7.11 Å². The summed E-state index contributed by atoms with van der Waals surface area (Å²) < 4.78 is 5.10. The van der Waals surface area contributed by atoms with E-state index in [9.17, 15) is 5.11 Å². The molecule has 0 aliphatic rings. The van der Waals surface area contributed by atoms with Crippen molar-refractivity contribution in [1.29, 1.82) is 0 Å². The topological polar surface area (TPSA) is 41.5 Å². The summed E-state index contributed by atoms with van der Waals surface area (Å²) in [6, 6.07) is 16.1. The van der Waals surface area contributed by atoms with E-state index in [4.69, 9.17) is 4.74 Å². The van der Waals surface area contributed by atoms with Gasteiger partial charge in [-0.25, -0.2) is 0 Å². The molecular formula is C18H23NO2. The van der Waals surface area contributed by atoms with Gasteiger partial charge in [-0.3, -0.25) is 0 Å². The van der Waals surface area contributed by atoms with Crippen molar-refractivity contribution in [3.05, 3.63) is 59.7 Å². The maximum absolute atomic E-state index is 10.0. The van der Waals surface area contributed by atoms with E-state index in [1.54, 1.807) is 13.2 Å². The molecule has 0 radical (unpaired) electrons. The molecule has 0 aromatic heterocycles. The fourth-order valence-electron chi connectivity index (χ4n) is 2.41. The van der Waals surface area contributed by atoms with Crippen molar-refractivity contribution >= 4 is 0 Å². The number of methoxy groups -OCH3 is 1. The minimum Gasteiger partial charge on any atom is -0.507 e. The summed E-state index contributed by atoms with van der Waals surface area (Å²) >= 11 is 0. The number of phenolic OH excluding ortho intramolecular Hbond substituents is 1. The first-order valence-electron chi connectivity index (χ1n) is 7.38. The average molecular weight is 285 g/mol. The Hall–Kier alpha value is -2.00. The van der Waals surface area contributed by atoms with Gasteiger partial charge in [0, 0.05) is 24.2 Å². The lowest BCUT2D eigenvalue weighted by Gasteiger charge is -2.19. The molecule has 1 atom stereocenters. The molecule has 3 heteroatoms. The molecule has 0 aliphatic heterocycles. The number of nitrogens with one attached hydrogen (secondary N) is 1. The van der Waals surface area contributed by atoms with Crippen molar-refractivity contribution in [3.8, 4) is 11.5 Å². The van der Waals surface area contributed by atoms with Crippen LogP contribution in [0.1, 0.15) is 36.9 Å². The molecule has 0 saturated carbocycles. The predicted molar refractivity (Wildman–Crippen MR) is 85.6 cm³/mol. The van der Waals surface area contributed by atoms with E-state index < -0.39 is 0 Å². The molecule has 0 fully saturated rings. The summed E-state index contributed by atoms with van der Waals surface area (Å²) in [5, 5.41) is 13.5. The lowest BCUT2D eigenvalue weighted by molar-refractivity contribution is 0.404. The Bertz CT molecular complexity index is 554. The van der Waals surface area contributed by atoms with E-state index in [-0.39, 0.29) is 5.75 Å². The highest BCUT2D eigenvalue weighted by molar-refractivity contribution is 5.39. The monoisotopic (exact) mass is 285 g/mol. The zero-order valence-electron chi connectivity index (χ0n) is 12.7. The zero-order valence-corrected chi connectivity index (χ0v) is 12.7. The third-order valence-electron chi connectivity index (χ3n) is 3.61. The summed E-state index contributed by atoms with van der Waals surface area (Å²) in [4.78, 5) is 0. The molecule has 3 nitrogen and oxygen atoms in total. The highest BCUT2D eigenvalue weighted by atomic mass is 16.5. The molecule has 2 aromatic carbocycles. The number of ether oxygens (including phenoxy) is 1. The molecule has 112 valence electrons. The van der Waals surface area contributed by atoms with Gasteiger partial charge >= 0.3 is 0 Å². The van der Waals surface area contributed by atoms with Crippen LogP contribution in [-0.2, 0) is 6.54 Å². The van der Waals surface area contributed by atoms with Crippen LogP contribution >= 0.6 is 0 Å². The SMILES string of the molecule is CCCC(NCc1ccc(OC)cc1O)c1ccccc1. The molecule has 0 aliphatic carbocycles. The molecule has 0 heterocycles. The van der Waals surface area contributed by atoms with E-state index in [1.165, 1.54) is 5.56 Å². The fraction of sp³-hybridized carbons (Fsp3) is 0.333. The predicted octanol–water partition coefficient (Wildman–Crippen LogP) is 4.03. The van der Waals surface area contributed by atoms with Crippen molar-refractivity contribution in [3.63, 3.8) is 0 Å². The minimum absolute atomic E-state index is 0.269. The molecule has 2 N–H and O–H groups in total. The lowest BCUT2D eigenvalue weighted by Crippen LogP contribution is -2.20. The fourth-order valence-corrected chi connectivity index (χ4v) is 2.41. The van der Waals surface area contributed by atoms with Crippen molar-refractivity contribution in [2.45, 2.75) is 32.4 Å². The van der Waals surface area contributed by atoms with Crippen LogP contribution in [0.3, 0.4) is 0 Å². The van der Waals surface area contributed by atoms with Gasteiger partial charge in [0.15, 0.2) is 0 Å². The molecule has 0 saturated heterocycles. The highest BCUT2D eigenvalue weighted by Crippen LogP contribution is 2.25. The Balaban J connectivity index is 2.05. The van der Waals surface area contributed by atoms with Crippen LogP contribution in [-0.4, -0.2) is 12.2 Å². The molecule has 0 amide bonds. The van der Waals surface area contributed by atoms with Gasteiger partial charge in [-0.05, 0) is 18.1 Å². The van der Waals surface area contributed by atoms with E-state index in [0.717, 1.165) is 18.4 Å². The first-order chi connectivity index (χ1) is 10.2. The molecule has 0 spiro atoms. The van der Waals surface area contributed by atoms with Gasteiger partial charge in [0.2, 0.25) is 0 Å². The summed E-state index contributed by atoms with van der Waals surface area (Å²) in [5.74, 6) is 0.939. The van der Waals surface area contributed by atoms with E-state index in [2.05, 4.69) is 36.5 Å². The zero-order chi connectivity index (χ0) is 15.1. The third kappa shape index (κ3) is 4.23. The van der Waals surface area contributed by atoms with Gasteiger partial charge in [-0.1, -0.05) is 49.7 Å². The van der Waals surface area contributed by atoms with E-state index in [0.29, 0.717) is 18.3 Å². The van der Waals surface area contributed by atoms with Crippen molar-refractivity contribution < 1.29 is 9.84 Å². The van der Waals surface area contributed by atoms with Gasteiger partial charge < -0.3 is 15.2 Å². The molecule has 2 aromatic rings. The van der Waals surface area contributed by atoms with Crippen molar-refractivity contribution in [2.75, 3.05) is 7.11 Å². The Labute approximate surface area is 126 Å². The van der Waals surface area contributed by atoms with Crippen LogP contribution in [0.25, 0.3) is 0 Å². The van der Waals surface area contributed by atoms with Crippen LogP contribution in [0.2, 0.25) is 0 Å². The molecule has 0 bridgehead atoms. The second-order valence-electron chi connectivity index (χ2n) is 5.13. The Morgan fingerprint density at radius 2 is 1.90 bits per heavy atom. The Morgan fingerprint density at radius 3 is 2.52 bits per heavy atom. The van der Waals surface area contributed by atoms with E-state index in [1.807, 2.05) is 18.2 Å². The van der Waals surface area contributed by atoms with Crippen LogP contribution in [0.5, 0.6) is 11.5 Å². The largest absolute Gasteiger partial charge is 0.507 e. The number of phenols is 1. The maximum Gasteiger partial charge on any atom is 0.123 e. The Kier molecular flexibility index (Phi) is 5.64. The molecule has 2 rings (SSSR count). The van der Waals surface area contributed by atoms with Crippen LogP contribution in [0.15, 0.2) is 48.5 Å². The number of benzene rings is 2. The van der Waals surface area contributed by atoms with Crippen LogP contribution < -0.4 is 10.1 Å². The van der Waals surface area contributed by atoms with Crippen LogP contribution in [0, 0.1) is 0 Å². The molecule has 1 unspecified atom stereocenters. The van der Waals surface area contributed by atoms with Gasteiger partial charge in [0.25, 0.3) is 0 Å². The maximum atomic E-state index is 10.0. The van der Waals surface area contributed by atoms with E-state index >= 15 is 0 Å². The minimum atomic E-state index is 0.269. The van der Waals surface area contributed by atoms with Crippen molar-refractivity contribution in [2.24, 2.45) is 0 Å². The van der Waals surface area contributed by atoms with Crippen LogP contribution in [0.4, 0.5) is 0 Å². The molecule has 21 heavy (non-hydrogen) atoms. The summed E-state index contributed by atoms with van der Waals surface area (Å²) in [7, 11) is 1.60. The normalized spacial score (nSPS) is 12.1. The van der Waals surface area contributed by atoms with Gasteiger partial charge in [0.1, 0.15) is 11.5 Å². The summed E-state index contributed by atoms with van der Waals surface area (Å²) in [6.45, 7) is 2.82. The molecular weight excluding hydrogens is 262 g/mol. The highest BCUT2D eigenvalue weighted by Gasteiger charge is 2.11. The smallest absolute Gasteiger partial charge is 0.123 e.